The molecule has 5 aromatic rings. The number of aromatic amines is 1. The standard InChI is InChI=1S/C24H17F4N7O2/c25-14-10-31-23(34-20(14)17-11-30-18-3-1-2-8-35(17)18)32-12-4-5-15-13(9-12)19-16(33-15)6-7-29-21(19)37-22(36)24(26,27)28/h1-5,8-11,21,29,33H,6-7H2,(H,31,32,34). The molecule has 1 atom stereocenters. The first kappa shape index (κ1) is 22.9. The van der Waals surface area contributed by atoms with Gasteiger partial charge in [0.15, 0.2) is 12.0 Å². The van der Waals surface area contributed by atoms with E-state index in [4.69, 9.17) is 4.74 Å². The first-order valence-electron chi connectivity index (χ1n) is 11.2. The van der Waals surface area contributed by atoms with Crippen LogP contribution in [0.3, 0.4) is 0 Å². The van der Waals surface area contributed by atoms with Crippen molar-refractivity contribution in [3.05, 3.63) is 72.1 Å². The van der Waals surface area contributed by atoms with Crippen LogP contribution >= 0.6 is 0 Å². The molecule has 0 saturated heterocycles. The van der Waals surface area contributed by atoms with Gasteiger partial charge < -0.3 is 15.0 Å². The molecule has 188 valence electrons. The molecule has 1 aromatic carbocycles. The van der Waals surface area contributed by atoms with Gasteiger partial charge in [-0.3, -0.25) is 9.72 Å². The van der Waals surface area contributed by atoms with Crippen molar-refractivity contribution in [3.63, 3.8) is 0 Å². The molecule has 0 fully saturated rings. The first-order chi connectivity index (χ1) is 17.8. The Bertz CT molecular complexity index is 1660. The second-order valence-electron chi connectivity index (χ2n) is 8.35. The van der Waals surface area contributed by atoms with Crippen LogP contribution in [0.5, 0.6) is 0 Å². The number of hydrogen-bond acceptors (Lipinski definition) is 7. The van der Waals surface area contributed by atoms with E-state index in [0.29, 0.717) is 52.2 Å². The summed E-state index contributed by atoms with van der Waals surface area (Å²) in [6, 6.07) is 10.5. The minimum Gasteiger partial charge on any atom is -0.435 e. The number of rotatable bonds is 4. The molecule has 5 heterocycles. The number of halogens is 4. The number of H-pyrrole nitrogens is 1. The van der Waals surface area contributed by atoms with Gasteiger partial charge in [0.1, 0.15) is 11.3 Å². The third kappa shape index (κ3) is 4.12. The van der Waals surface area contributed by atoms with Crippen molar-refractivity contribution in [2.45, 2.75) is 18.8 Å². The molecule has 0 bridgehead atoms. The largest absolute Gasteiger partial charge is 0.490 e. The number of alkyl halides is 3. The third-order valence-electron chi connectivity index (χ3n) is 6.00. The summed E-state index contributed by atoms with van der Waals surface area (Å²) in [5.74, 6) is -2.81. The van der Waals surface area contributed by atoms with E-state index in [1.54, 1.807) is 40.9 Å². The van der Waals surface area contributed by atoms with Gasteiger partial charge in [-0.25, -0.2) is 24.1 Å². The molecule has 0 saturated carbocycles. The minimum absolute atomic E-state index is 0.0413. The summed E-state index contributed by atoms with van der Waals surface area (Å²) in [5, 5.41) is 6.37. The number of imidazole rings is 1. The van der Waals surface area contributed by atoms with Crippen molar-refractivity contribution in [2.75, 3.05) is 11.9 Å². The van der Waals surface area contributed by atoms with Crippen LogP contribution in [0.15, 0.2) is 55.0 Å². The number of pyridine rings is 1. The van der Waals surface area contributed by atoms with Gasteiger partial charge in [-0.1, -0.05) is 6.07 Å². The van der Waals surface area contributed by atoms with Gasteiger partial charge in [0.2, 0.25) is 5.95 Å². The zero-order valence-corrected chi connectivity index (χ0v) is 18.8. The fourth-order valence-corrected chi connectivity index (χ4v) is 4.39. The number of anilines is 2. The molecule has 0 amide bonds. The summed E-state index contributed by atoms with van der Waals surface area (Å²) in [7, 11) is 0. The lowest BCUT2D eigenvalue weighted by Crippen LogP contribution is -2.36. The van der Waals surface area contributed by atoms with E-state index in [1.807, 2.05) is 6.07 Å². The van der Waals surface area contributed by atoms with Crippen LogP contribution in [0.4, 0.5) is 29.2 Å². The predicted molar refractivity (Wildman–Crippen MR) is 124 cm³/mol. The normalized spacial score (nSPS) is 15.6. The number of carbonyl (C=O) groups is 1. The number of nitrogens with zero attached hydrogens (tertiary/aromatic N) is 4. The first-order valence-corrected chi connectivity index (χ1v) is 11.2. The van der Waals surface area contributed by atoms with Crippen molar-refractivity contribution in [3.8, 4) is 11.4 Å². The van der Waals surface area contributed by atoms with Crippen LogP contribution in [0.2, 0.25) is 0 Å². The molecular weight excluding hydrogens is 494 g/mol. The van der Waals surface area contributed by atoms with Crippen LogP contribution in [-0.2, 0) is 16.0 Å². The summed E-state index contributed by atoms with van der Waals surface area (Å²) in [6.07, 6.45) is -1.58. The lowest BCUT2D eigenvalue weighted by Gasteiger charge is -2.25. The quantitative estimate of drug-likeness (QED) is 0.242. The second kappa shape index (κ2) is 8.55. The lowest BCUT2D eigenvalue weighted by molar-refractivity contribution is -0.207. The molecule has 4 aromatic heterocycles. The second-order valence-corrected chi connectivity index (χ2v) is 8.35. The number of ether oxygens (including phenoxy) is 1. The van der Waals surface area contributed by atoms with Crippen LogP contribution in [0.25, 0.3) is 27.9 Å². The van der Waals surface area contributed by atoms with Crippen molar-refractivity contribution in [1.82, 2.24) is 29.7 Å². The highest BCUT2D eigenvalue weighted by Crippen LogP contribution is 2.35. The fourth-order valence-electron chi connectivity index (χ4n) is 4.39. The lowest BCUT2D eigenvalue weighted by atomic mass is 10.0. The summed E-state index contributed by atoms with van der Waals surface area (Å²) in [6.45, 7) is 0.330. The molecule has 0 aliphatic carbocycles. The Balaban J connectivity index is 1.34. The van der Waals surface area contributed by atoms with Crippen LogP contribution < -0.4 is 10.6 Å². The van der Waals surface area contributed by atoms with Crippen molar-refractivity contribution >= 4 is 34.2 Å². The Morgan fingerprint density at radius 3 is 2.86 bits per heavy atom. The molecule has 3 N–H and O–H groups in total. The van der Waals surface area contributed by atoms with Gasteiger partial charge in [0, 0.05) is 47.0 Å². The Morgan fingerprint density at radius 2 is 2.03 bits per heavy atom. The molecule has 37 heavy (non-hydrogen) atoms. The highest BCUT2D eigenvalue weighted by atomic mass is 19.4. The number of benzene rings is 1. The Hall–Kier alpha value is -4.52. The van der Waals surface area contributed by atoms with E-state index >= 15 is 0 Å². The Labute approximate surface area is 205 Å². The number of aromatic nitrogens is 5. The van der Waals surface area contributed by atoms with Gasteiger partial charge >= 0.3 is 12.1 Å². The van der Waals surface area contributed by atoms with Crippen LogP contribution in [0, 0.1) is 5.82 Å². The molecule has 1 aliphatic heterocycles. The van der Waals surface area contributed by atoms with Crippen molar-refractivity contribution < 1.29 is 27.1 Å². The van der Waals surface area contributed by atoms with E-state index in [0.717, 1.165) is 6.20 Å². The topological polar surface area (TPSA) is 109 Å². The number of fused-ring (bicyclic) bond motifs is 4. The average molecular weight is 511 g/mol. The monoisotopic (exact) mass is 511 g/mol. The summed E-state index contributed by atoms with van der Waals surface area (Å²) in [5.41, 5.74) is 3.33. The third-order valence-corrected chi connectivity index (χ3v) is 6.00. The van der Waals surface area contributed by atoms with Gasteiger partial charge in [0.05, 0.1) is 18.1 Å². The maximum atomic E-state index is 14.7. The minimum atomic E-state index is -5.11. The Morgan fingerprint density at radius 1 is 1.16 bits per heavy atom. The van der Waals surface area contributed by atoms with E-state index in [9.17, 15) is 22.4 Å². The smallest absolute Gasteiger partial charge is 0.435 e. The SMILES string of the molecule is O=C(OC1NCCc2[nH]c3ccc(Nc4ncc(F)c(-c5cnc6ccccn56)n4)cc3c21)C(F)(F)F. The molecule has 9 nitrogen and oxygen atoms in total. The maximum absolute atomic E-state index is 14.7. The highest BCUT2D eigenvalue weighted by molar-refractivity contribution is 5.89. The highest BCUT2D eigenvalue weighted by Gasteiger charge is 2.43. The summed E-state index contributed by atoms with van der Waals surface area (Å²) >= 11 is 0. The fraction of sp³-hybridized carbons (Fsp3) is 0.167. The number of nitrogens with one attached hydrogen (secondary N) is 3. The molecule has 13 heteroatoms. The molecule has 0 radical (unpaired) electrons. The van der Waals surface area contributed by atoms with Crippen molar-refractivity contribution in [2.24, 2.45) is 0 Å². The van der Waals surface area contributed by atoms with Gasteiger partial charge in [-0.15, -0.1) is 0 Å². The summed E-state index contributed by atoms with van der Waals surface area (Å²) in [4.78, 5) is 27.3. The van der Waals surface area contributed by atoms with Crippen molar-refractivity contribution in [1.29, 1.82) is 0 Å². The van der Waals surface area contributed by atoms with E-state index < -0.39 is 24.2 Å². The molecule has 1 unspecified atom stereocenters. The van der Waals surface area contributed by atoms with E-state index in [-0.39, 0.29) is 11.6 Å². The molecular formula is C24H17F4N7O2. The van der Waals surface area contributed by atoms with Gasteiger partial charge in [0.25, 0.3) is 0 Å². The zero-order chi connectivity index (χ0) is 25.7. The molecule has 6 rings (SSSR count). The van der Waals surface area contributed by atoms with E-state index in [1.165, 1.54) is 6.20 Å². The maximum Gasteiger partial charge on any atom is 0.490 e. The number of carbonyl (C=O) groups excluding carboxylic acids is 1. The van der Waals surface area contributed by atoms with Gasteiger partial charge in [-0.2, -0.15) is 13.2 Å². The van der Waals surface area contributed by atoms with Gasteiger partial charge in [-0.05, 0) is 30.3 Å². The van der Waals surface area contributed by atoms with E-state index in [2.05, 4.69) is 30.6 Å². The predicted octanol–water partition coefficient (Wildman–Crippen LogP) is 4.41. The zero-order valence-electron chi connectivity index (χ0n) is 18.8. The molecule has 0 spiro atoms. The average Bonchev–Trinajstić information content (AvgIpc) is 3.46. The number of esters is 1. The summed E-state index contributed by atoms with van der Waals surface area (Å²) < 4.78 is 59.5. The molecule has 1 aliphatic rings. The number of hydrogen-bond donors (Lipinski definition) is 3. The van der Waals surface area contributed by atoms with Crippen LogP contribution in [-0.4, -0.2) is 43.0 Å². The Kier molecular flexibility index (Phi) is 5.30. The van der Waals surface area contributed by atoms with Crippen LogP contribution in [0.1, 0.15) is 17.5 Å².